The lowest BCUT2D eigenvalue weighted by Gasteiger charge is -2.36. The van der Waals surface area contributed by atoms with E-state index in [1.54, 1.807) is 6.92 Å². The maximum atomic E-state index is 13.0. The number of ether oxygens (including phenoxy) is 1. The molecule has 1 aromatic rings. The Balaban J connectivity index is 2.51. The molecule has 0 bridgehead atoms. The summed E-state index contributed by atoms with van der Waals surface area (Å²) in [6, 6.07) is 7.71. The van der Waals surface area contributed by atoms with E-state index in [2.05, 4.69) is 43.4 Å². The molecule has 0 saturated carbocycles. The van der Waals surface area contributed by atoms with Crippen LogP contribution in [0.3, 0.4) is 0 Å². The minimum absolute atomic E-state index is 0.0877. The van der Waals surface area contributed by atoms with Crippen LogP contribution in [-0.4, -0.2) is 35.5 Å². The van der Waals surface area contributed by atoms with Crippen molar-refractivity contribution in [3.63, 3.8) is 0 Å². The molecule has 0 aliphatic carbocycles. The van der Waals surface area contributed by atoms with E-state index >= 15 is 0 Å². The third kappa shape index (κ3) is 7.89. The number of hydrogen-bond acceptors (Lipinski definition) is 3. The molecule has 1 aromatic carbocycles. The van der Waals surface area contributed by atoms with Gasteiger partial charge in [0, 0.05) is 21.7 Å². The number of allylic oxidation sites excluding steroid dienone is 1. The van der Waals surface area contributed by atoms with E-state index in [1.165, 1.54) is 6.08 Å². The zero-order chi connectivity index (χ0) is 19.6. The Morgan fingerprint density at radius 2 is 1.85 bits per heavy atom. The first kappa shape index (κ1) is 22.7. The number of rotatable bonds is 9. The quantitative estimate of drug-likeness (QED) is 0.215. The number of hydrogen-bond donors (Lipinski definition) is 0. The number of benzene rings is 1. The van der Waals surface area contributed by atoms with E-state index < -0.39 is 0 Å². The number of carbonyl (C=O) groups excluding carboxylic acids is 2. The van der Waals surface area contributed by atoms with E-state index in [1.807, 2.05) is 35.2 Å². The lowest BCUT2D eigenvalue weighted by molar-refractivity contribution is -0.137. The van der Waals surface area contributed by atoms with Gasteiger partial charge in [0.05, 0.1) is 12.2 Å². The molecule has 1 rings (SSSR count). The first-order chi connectivity index (χ1) is 12.3. The molecule has 0 aromatic heterocycles. The van der Waals surface area contributed by atoms with Crippen molar-refractivity contribution in [2.75, 3.05) is 13.2 Å². The molecule has 0 saturated heterocycles. The molecule has 0 heterocycles. The average molecular weight is 471 g/mol. The van der Waals surface area contributed by atoms with Gasteiger partial charge in [0.2, 0.25) is 0 Å². The van der Waals surface area contributed by atoms with Gasteiger partial charge in [-0.1, -0.05) is 24.6 Å². The first-order valence-electron chi connectivity index (χ1n) is 9.17. The molecule has 0 aliphatic rings. The molecule has 0 aliphatic heterocycles. The number of carbonyl (C=O) groups is 2. The van der Waals surface area contributed by atoms with Crippen LogP contribution in [0.2, 0.25) is 0 Å². The van der Waals surface area contributed by atoms with E-state index in [9.17, 15) is 9.59 Å². The molecule has 0 spiro atoms. The summed E-state index contributed by atoms with van der Waals surface area (Å²) in [5.74, 6) is -0.195. The van der Waals surface area contributed by atoms with E-state index in [-0.39, 0.29) is 17.4 Å². The van der Waals surface area contributed by atoms with Crippen LogP contribution in [-0.2, 0) is 9.53 Å². The van der Waals surface area contributed by atoms with Crippen LogP contribution in [0, 0.1) is 3.57 Å². The molecule has 0 unspecified atom stereocenters. The van der Waals surface area contributed by atoms with Crippen molar-refractivity contribution in [1.29, 1.82) is 0 Å². The van der Waals surface area contributed by atoms with Gasteiger partial charge in [-0.05, 0) is 81.7 Å². The molecule has 0 fully saturated rings. The average Bonchev–Trinajstić information content (AvgIpc) is 2.56. The van der Waals surface area contributed by atoms with Gasteiger partial charge in [-0.25, -0.2) is 4.79 Å². The molecule has 4 nitrogen and oxygen atoms in total. The number of unbranched alkanes of at least 4 members (excludes halogenated alkanes) is 3. The fourth-order valence-electron chi connectivity index (χ4n) is 2.60. The second-order valence-electron chi connectivity index (χ2n) is 7.11. The maximum absolute atomic E-state index is 13.0. The zero-order valence-electron chi connectivity index (χ0n) is 16.3. The molecule has 5 heteroatoms. The summed E-state index contributed by atoms with van der Waals surface area (Å²) in [5.41, 5.74) is 0.542. The summed E-state index contributed by atoms with van der Waals surface area (Å²) in [6.45, 7) is 9.15. The van der Waals surface area contributed by atoms with Gasteiger partial charge in [0.15, 0.2) is 0 Å². The van der Waals surface area contributed by atoms with Crippen molar-refractivity contribution < 1.29 is 14.3 Å². The zero-order valence-corrected chi connectivity index (χ0v) is 18.4. The van der Waals surface area contributed by atoms with E-state index in [0.29, 0.717) is 6.61 Å². The van der Waals surface area contributed by atoms with Gasteiger partial charge >= 0.3 is 5.97 Å². The molecule has 0 atom stereocenters. The Bertz CT molecular complexity index is 620. The fraction of sp³-hybridized carbons (Fsp3) is 0.524. The van der Waals surface area contributed by atoms with Gasteiger partial charge in [-0.2, -0.15) is 0 Å². The van der Waals surface area contributed by atoms with Crippen LogP contribution in [0.4, 0.5) is 0 Å². The smallest absolute Gasteiger partial charge is 0.330 e. The predicted octanol–water partition coefficient (Wildman–Crippen LogP) is 5.21. The van der Waals surface area contributed by atoms with Crippen LogP contribution in [0.15, 0.2) is 36.4 Å². The normalized spacial score (nSPS) is 11.6. The Hall–Kier alpha value is -1.37. The van der Waals surface area contributed by atoms with Crippen molar-refractivity contribution in [2.45, 2.75) is 58.9 Å². The van der Waals surface area contributed by atoms with Gasteiger partial charge in [-0.3, -0.25) is 4.79 Å². The highest BCUT2D eigenvalue weighted by molar-refractivity contribution is 14.1. The topological polar surface area (TPSA) is 46.6 Å². The lowest BCUT2D eigenvalue weighted by Crippen LogP contribution is -2.46. The summed E-state index contributed by atoms with van der Waals surface area (Å²) >= 11 is 2.22. The second-order valence-corrected chi connectivity index (χ2v) is 8.27. The summed E-state index contributed by atoms with van der Waals surface area (Å²) in [7, 11) is 0. The maximum Gasteiger partial charge on any atom is 0.330 e. The highest BCUT2D eigenvalue weighted by Gasteiger charge is 2.27. The summed E-state index contributed by atoms with van der Waals surface area (Å²) in [6.07, 6.45) is 7.14. The number of halogens is 1. The second kappa shape index (κ2) is 11.4. The Morgan fingerprint density at radius 3 is 2.46 bits per heavy atom. The minimum atomic E-state index is -0.283. The highest BCUT2D eigenvalue weighted by atomic mass is 127. The lowest BCUT2D eigenvalue weighted by atomic mass is 10.0. The van der Waals surface area contributed by atoms with E-state index in [0.717, 1.165) is 41.4 Å². The monoisotopic (exact) mass is 471 g/mol. The third-order valence-electron chi connectivity index (χ3n) is 3.95. The van der Waals surface area contributed by atoms with Gasteiger partial charge in [0.1, 0.15) is 0 Å². The summed E-state index contributed by atoms with van der Waals surface area (Å²) in [4.78, 5) is 26.1. The summed E-state index contributed by atoms with van der Waals surface area (Å²) in [5, 5.41) is 0. The fourth-order valence-corrected chi connectivity index (χ4v) is 3.22. The van der Waals surface area contributed by atoms with Crippen LogP contribution in [0.5, 0.6) is 0 Å². The molecule has 0 radical (unpaired) electrons. The molecule has 26 heavy (non-hydrogen) atoms. The molecule has 1 amide bonds. The van der Waals surface area contributed by atoms with Gasteiger partial charge in [-0.15, -0.1) is 0 Å². The van der Waals surface area contributed by atoms with Gasteiger partial charge < -0.3 is 9.64 Å². The van der Waals surface area contributed by atoms with Crippen molar-refractivity contribution in [3.8, 4) is 0 Å². The largest absolute Gasteiger partial charge is 0.463 e. The molecule has 0 N–H and O–H groups in total. The van der Waals surface area contributed by atoms with Crippen molar-refractivity contribution in [1.82, 2.24) is 4.90 Å². The molecular weight excluding hydrogens is 441 g/mol. The van der Waals surface area contributed by atoms with Crippen LogP contribution >= 0.6 is 22.6 Å². The Kier molecular flexibility index (Phi) is 9.91. The third-order valence-corrected chi connectivity index (χ3v) is 4.89. The highest BCUT2D eigenvalue weighted by Crippen LogP contribution is 2.21. The SMILES string of the molecule is CCOC(=O)/C=C/CCCCCN(C(=O)c1ccccc1I)C(C)(C)C. The number of esters is 1. The van der Waals surface area contributed by atoms with Crippen molar-refractivity contribution >= 4 is 34.5 Å². The number of nitrogens with zero attached hydrogens (tertiary/aromatic N) is 1. The van der Waals surface area contributed by atoms with Crippen LogP contribution in [0.25, 0.3) is 0 Å². The standard InChI is InChI=1S/C21H30INO3/c1-5-26-19(24)15-9-7-6-8-12-16-23(21(2,3)4)20(25)17-13-10-11-14-18(17)22/h9-11,13-15H,5-8,12,16H2,1-4H3/b15-9+. The predicted molar refractivity (Wildman–Crippen MR) is 114 cm³/mol. The van der Waals surface area contributed by atoms with Crippen molar-refractivity contribution in [2.24, 2.45) is 0 Å². The Morgan fingerprint density at radius 1 is 1.15 bits per heavy atom. The van der Waals surface area contributed by atoms with Crippen molar-refractivity contribution in [3.05, 3.63) is 45.6 Å². The van der Waals surface area contributed by atoms with Crippen LogP contribution in [0.1, 0.15) is 63.7 Å². The minimum Gasteiger partial charge on any atom is -0.463 e. The first-order valence-corrected chi connectivity index (χ1v) is 10.2. The van der Waals surface area contributed by atoms with Gasteiger partial charge in [0.25, 0.3) is 5.91 Å². The molecule has 144 valence electrons. The summed E-state index contributed by atoms with van der Waals surface area (Å²) < 4.78 is 5.83. The van der Waals surface area contributed by atoms with Crippen LogP contribution < -0.4 is 0 Å². The Labute approximate surface area is 171 Å². The van der Waals surface area contributed by atoms with E-state index in [4.69, 9.17) is 4.74 Å². The number of amides is 1. The molecular formula is C21H30INO3.